The molecule has 2 rings (SSSR count). The first-order chi connectivity index (χ1) is 8.70. The fourth-order valence-electron chi connectivity index (χ4n) is 2.65. The summed E-state index contributed by atoms with van der Waals surface area (Å²) in [6, 6.07) is 4.23. The van der Waals surface area contributed by atoms with E-state index in [4.69, 9.17) is 5.11 Å². The minimum absolute atomic E-state index is 0.137. The van der Waals surface area contributed by atoms with E-state index < -0.39 is 5.97 Å². The maximum Gasteiger partial charge on any atom is 0.354 e. The predicted octanol–water partition coefficient (Wildman–Crippen LogP) is 2.54. The smallest absolute Gasteiger partial charge is 0.354 e. The van der Waals surface area contributed by atoms with Gasteiger partial charge in [0.1, 0.15) is 5.69 Å². The molecule has 0 amide bonds. The van der Waals surface area contributed by atoms with Gasteiger partial charge in [0.25, 0.3) is 0 Å². The first kappa shape index (κ1) is 13.0. The Hall–Kier alpha value is -1.42. The number of hydrogen-bond donors (Lipinski definition) is 1. The molecule has 1 atom stereocenters. The minimum Gasteiger partial charge on any atom is -0.477 e. The summed E-state index contributed by atoms with van der Waals surface area (Å²) in [4.78, 5) is 17.2. The summed E-state index contributed by atoms with van der Waals surface area (Å²) < 4.78 is 0. The van der Waals surface area contributed by atoms with Gasteiger partial charge < -0.3 is 5.11 Å². The van der Waals surface area contributed by atoms with E-state index in [2.05, 4.69) is 16.8 Å². The van der Waals surface area contributed by atoms with Crippen molar-refractivity contribution in [2.75, 3.05) is 6.54 Å². The van der Waals surface area contributed by atoms with Crippen LogP contribution in [-0.4, -0.2) is 33.5 Å². The van der Waals surface area contributed by atoms with E-state index >= 15 is 0 Å². The zero-order valence-electron chi connectivity index (χ0n) is 10.8. The Balaban J connectivity index is 2.07. The first-order valence-electron chi connectivity index (χ1n) is 6.63. The van der Waals surface area contributed by atoms with Crippen molar-refractivity contribution < 1.29 is 9.90 Å². The highest BCUT2D eigenvalue weighted by Crippen LogP contribution is 2.21. The Morgan fingerprint density at radius 1 is 1.56 bits per heavy atom. The lowest BCUT2D eigenvalue weighted by Crippen LogP contribution is -2.38. The summed E-state index contributed by atoms with van der Waals surface area (Å²) in [5.74, 6) is -0.956. The molecule has 1 fully saturated rings. The number of carboxylic acids is 1. The second kappa shape index (κ2) is 5.96. The monoisotopic (exact) mass is 248 g/mol. The van der Waals surface area contributed by atoms with Gasteiger partial charge >= 0.3 is 5.97 Å². The van der Waals surface area contributed by atoms with Gasteiger partial charge in [-0.1, -0.05) is 13.3 Å². The van der Waals surface area contributed by atoms with E-state index in [0.29, 0.717) is 6.04 Å². The van der Waals surface area contributed by atoms with Crippen LogP contribution in [0.3, 0.4) is 0 Å². The molecule has 0 spiro atoms. The Labute approximate surface area is 108 Å². The summed E-state index contributed by atoms with van der Waals surface area (Å²) in [7, 11) is 0. The van der Waals surface area contributed by atoms with Crippen molar-refractivity contribution in [3.05, 3.63) is 29.6 Å². The number of rotatable bonds is 4. The summed E-state index contributed by atoms with van der Waals surface area (Å²) >= 11 is 0. The van der Waals surface area contributed by atoms with Gasteiger partial charge in [0.15, 0.2) is 0 Å². The lowest BCUT2D eigenvalue weighted by Gasteiger charge is -2.35. The average Bonchev–Trinajstić information content (AvgIpc) is 2.39. The quantitative estimate of drug-likeness (QED) is 0.889. The molecule has 1 saturated heterocycles. The van der Waals surface area contributed by atoms with Crippen molar-refractivity contribution in [2.45, 2.75) is 45.2 Å². The zero-order valence-corrected chi connectivity index (χ0v) is 10.8. The van der Waals surface area contributed by atoms with E-state index in [1.807, 2.05) is 6.07 Å². The molecule has 0 aromatic carbocycles. The minimum atomic E-state index is -0.956. The molecule has 0 radical (unpaired) electrons. The molecule has 4 nitrogen and oxygen atoms in total. The molecule has 1 aliphatic rings. The number of likely N-dealkylation sites (tertiary alicyclic amines) is 1. The second-order valence-electron chi connectivity index (χ2n) is 4.88. The van der Waals surface area contributed by atoms with Crippen LogP contribution in [-0.2, 0) is 6.54 Å². The van der Waals surface area contributed by atoms with Crippen molar-refractivity contribution in [1.29, 1.82) is 0 Å². The number of carboxylic acid groups (broad SMARTS) is 1. The molecular formula is C14H20N2O2. The number of nitrogens with zero attached hydrogens (tertiary/aromatic N) is 2. The fraction of sp³-hybridized carbons (Fsp3) is 0.571. The van der Waals surface area contributed by atoms with E-state index in [1.54, 1.807) is 12.3 Å². The van der Waals surface area contributed by atoms with E-state index in [9.17, 15) is 4.79 Å². The number of carbonyl (C=O) groups is 1. The Bertz CT molecular complexity index is 420. The Kier molecular flexibility index (Phi) is 4.31. The van der Waals surface area contributed by atoms with Crippen LogP contribution in [0.15, 0.2) is 18.3 Å². The number of aromatic nitrogens is 1. The molecular weight excluding hydrogens is 228 g/mol. The molecule has 1 N–H and O–H groups in total. The Morgan fingerprint density at radius 3 is 3.11 bits per heavy atom. The van der Waals surface area contributed by atoms with E-state index in [0.717, 1.165) is 25.1 Å². The molecule has 2 heterocycles. The van der Waals surface area contributed by atoms with Crippen LogP contribution in [0.25, 0.3) is 0 Å². The normalized spacial score (nSPS) is 20.8. The van der Waals surface area contributed by atoms with Crippen LogP contribution in [0.2, 0.25) is 0 Å². The standard InChI is InChI=1S/C14H20N2O2/c1-2-12-5-3-4-8-16(12)10-11-6-7-15-13(9-11)14(17)18/h6-7,9,12H,2-5,8,10H2,1H3,(H,17,18). The van der Waals surface area contributed by atoms with Crippen LogP contribution in [0.5, 0.6) is 0 Å². The Morgan fingerprint density at radius 2 is 2.39 bits per heavy atom. The number of aromatic carboxylic acids is 1. The summed E-state index contributed by atoms with van der Waals surface area (Å²) in [5.41, 5.74) is 1.18. The molecule has 18 heavy (non-hydrogen) atoms. The molecule has 1 unspecified atom stereocenters. The topological polar surface area (TPSA) is 53.4 Å². The molecule has 4 heteroatoms. The van der Waals surface area contributed by atoms with Gasteiger partial charge in [0, 0.05) is 18.8 Å². The third-order valence-corrected chi connectivity index (χ3v) is 3.65. The van der Waals surface area contributed by atoms with Gasteiger partial charge in [-0.05, 0) is 43.5 Å². The maximum atomic E-state index is 10.9. The van der Waals surface area contributed by atoms with Crippen LogP contribution in [0, 0.1) is 0 Å². The number of hydrogen-bond acceptors (Lipinski definition) is 3. The van der Waals surface area contributed by atoms with Gasteiger partial charge in [0.2, 0.25) is 0 Å². The molecule has 0 aliphatic carbocycles. The third-order valence-electron chi connectivity index (χ3n) is 3.65. The van der Waals surface area contributed by atoms with Crippen LogP contribution in [0.1, 0.15) is 48.7 Å². The van der Waals surface area contributed by atoms with Gasteiger partial charge in [-0.15, -0.1) is 0 Å². The van der Waals surface area contributed by atoms with Crippen LogP contribution in [0.4, 0.5) is 0 Å². The summed E-state index contributed by atoms with van der Waals surface area (Å²) in [6.07, 6.45) is 6.56. The largest absolute Gasteiger partial charge is 0.477 e. The lowest BCUT2D eigenvalue weighted by atomic mass is 9.99. The van der Waals surface area contributed by atoms with Gasteiger partial charge in [-0.2, -0.15) is 0 Å². The zero-order chi connectivity index (χ0) is 13.0. The maximum absolute atomic E-state index is 10.9. The highest BCUT2D eigenvalue weighted by molar-refractivity contribution is 5.85. The second-order valence-corrected chi connectivity index (χ2v) is 4.88. The van der Waals surface area contributed by atoms with Crippen molar-refractivity contribution in [3.8, 4) is 0 Å². The van der Waals surface area contributed by atoms with Crippen molar-refractivity contribution in [1.82, 2.24) is 9.88 Å². The molecule has 0 saturated carbocycles. The summed E-state index contributed by atoms with van der Waals surface area (Å²) in [5, 5.41) is 8.94. The van der Waals surface area contributed by atoms with Crippen LogP contribution >= 0.6 is 0 Å². The average molecular weight is 248 g/mol. The van der Waals surface area contributed by atoms with Gasteiger partial charge in [0.05, 0.1) is 0 Å². The predicted molar refractivity (Wildman–Crippen MR) is 69.5 cm³/mol. The third kappa shape index (κ3) is 3.07. The van der Waals surface area contributed by atoms with Crippen LogP contribution < -0.4 is 0 Å². The highest BCUT2D eigenvalue weighted by Gasteiger charge is 2.20. The van der Waals surface area contributed by atoms with Crippen molar-refractivity contribution in [2.24, 2.45) is 0 Å². The van der Waals surface area contributed by atoms with Gasteiger partial charge in [-0.3, -0.25) is 4.90 Å². The summed E-state index contributed by atoms with van der Waals surface area (Å²) in [6.45, 7) is 4.17. The van der Waals surface area contributed by atoms with E-state index in [1.165, 1.54) is 19.3 Å². The van der Waals surface area contributed by atoms with E-state index in [-0.39, 0.29) is 5.69 Å². The highest BCUT2D eigenvalue weighted by atomic mass is 16.4. The number of pyridine rings is 1. The van der Waals surface area contributed by atoms with Crippen molar-refractivity contribution in [3.63, 3.8) is 0 Å². The fourth-order valence-corrected chi connectivity index (χ4v) is 2.65. The SMILES string of the molecule is CCC1CCCCN1Cc1ccnc(C(=O)O)c1. The van der Waals surface area contributed by atoms with Crippen molar-refractivity contribution >= 4 is 5.97 Å². The first-order valence-corrected chi connectivity index (χ1v) is 6.63. The van der Waals surface area contributed by atoms with Gasteiger partial charge in [-0.25, -0.2) is 9.78 Å². The molecule has 1 aromatic heterocycles. The molecule has 1 aromatic rings. The molecule has 0 bridgehead atoms. The molecule has 1 aliphatic heterocycles. The molecule has 98 valence electrons. The number of piperidine rings is 1. The lowest BCUT2D eigenvalue weighted by molar-refractivity contribution is 0.0690.